The molecule has 0 spiro atoms. The smallest absolute Gasteiger partial charge is 0.371 e. The van der Waals surface area contributed by atoms with E-state index in [4.69, 9.17) is 5.73 Å². The standard InChI is InChI=1S/C13H20F3N5O/c14-13(15,16)9-8-19-12(17)20-11(9)18-5-3-7-21-6-2-1-4-10(21)22/h8,12,18,20H,1-7,17H2. The molecule has 9 heteroatoms. The number of nitrogens with zero attached hydrogens (tertiary/aromatic N) is 2. The molecular weight excluding hydrogens is 299 g/mol. The van der Waals surface area contributed by atoms with Crippen LogP contribution >= 0.6 is 0 Å². The molecule has 0 aliphatic carbocycles. The minimum Gasteiger partial charge on any atom is -0.371 e. The van der Waals surface area contributed by atoms with Gasteiger partial charge in [0.1, 0.15) is 11.4 Å². The highest BCUT2D eigenvalue weighted by atomic mass is 19.4. The van der Waals surface area contributed by atoms with Gasteiger partial charge in [0.2, 0.25) is 5.91 Å². The molecule has 0 aromatic heterocycles. The Bertz CT molecular complexity index is 475. The summed E-state index contributed by atoms with van der Waals surface area (Å²) in [6, 6.07) is 0. The number of carbonyl (C=O) groups is 1. The number of aliphatic imine (C=N–C) groups is 1. The van der Waals surface area contributed by atoms with Gasteiger partial charge in [-0.2, -0.15) is 13.2 Å². The minimum atomic E-state index is -4.50. The van der Waals surface area contributed by atoms with Crippen molar-refractivity contribution in [2.45, 2.75) is 38.1 Å². The number of halogens is 3. The second-order valence-electron chi connectivity index (χ2n) is 5.27. The van der Waals surface area contributed by atoms with E-state index in [9.17, 15) is 18.0 Å². The van der Waals surface area contributed by atoms with Crippen molar-refractivity contribution in [1.29, 1.82) is 0 Å². The summed E-state index contributed by atoms with van der Waals surface area (Å²) in [6.07, 6.45) is -1.64. The summed E-state index contributed by atoms with van der Waals surface area (Å²) in [5.41, 5.74) is 4.59. The number of piperidine rings is 1. The monoisotopic (exact) mass is 319 g/mol. The molecule has 0 radical (unpaired) electrons. The van der Waals surface area contributed by atoms with E-state index in [2.05, 4.69) is 15.6 Å². The predicted octanol–water partition coefficient (Wildman–Crippen LogP) is 0.669. The van der Waals surface area contributed by atoms with E-state index in [-0.39, 0.29) is 11.7 Å². The number of hydrogen-bond acceptors (Lipinski definition) is 5. The molecule has 0 saturated carbocycles. The molecule has 1 amide bonds. The third-order valence-electron chi connectivity index (χ3n) is 3.56. The van der Waals surface area contributed by atoms with Gasteiger partial charge < -0.3 is 15.5 Å². The Balaban J connectivity index is 1.85. The largest absolute Gasteiger partial charge is 0.421 e. The molecule has 2 heterocycles. The molecule has 2 rings (SSSR count). The van der Waals surface area contributed by atoms with E-state index in [0.717, 1.165) is 25.6 Å². The van der Waals surface area contributed by atoms with Crippen molar-refractivity contribution in [3.63, 3.8) is 0 Å². The molecule has 22 heavy (non-hydrogen) atoms. The van der Waals surface area contributed by atoms with Gasteiger partial charge in [-0.3, -0.25) is 15.5 Å². The quantitative estimate of drug-likeness (QED) is 0.651. The molecule has 1 saturated heterocycles. The number of carbonyl (C=O) groups excluding carboxylic acids is 1. The Labute approximate surface area is 126 Å². The number of rotatable bonds is 5. The van der Waals surface area contributed by atoms with Crippen molar-refractivity contribution >= 4 is 12.1 Å². The van der Waals surface area contributed by atoms with Crippen molar-refractivity contribution in [3.8, 4) is 0 Å². The molecule has 2 aliphatic rings. The Hall–Kier alpha value is -1.77. The average molecular weight is 319 g/mol. The number of hydrogen-bond donors (Lipinski definition) is 3. The summed E-state index contributed by atoms with van der Waals surface area (Å²) in [6.45, 7) is 1.58. The number of nitrogens with two attached hydrogens (primary N) is 1. The number of likely N-dealkylation sites (tertiary alicyclic amines) is 1. The lowest BCUT2D eigenvalue weighted by Gasteiger charge is -2.27. The van der Waals surface area contributed by atoms with E-state index in [1.54, 1.807) is 4.90 Å². The normalized spacial score (nSPS) is 22.8. The Morgan fingerprint density at radius 2 is 2.23 bits per heavy atom. The van der Waals surface area contributed by atoms with Crippen LogP contribution in [0, 0.1) is 0 Å². The van der Waals surface area contributed by atoms with Crippen LogP contribution in [-0.4, -0.2) is 49.1 Å². The van der Waals surface area contributed by atoms with Gasteiger partial charge in [0.15, 0.2) is 6.29 Å². The average Bonchev–Trinajstić information content (AvgIpc) is 2.44. The zero-order valence-electron chi connectivity index (χ0n) is 12.1. The molecule has 1 atom stereocenters. The topological polar surface area (TPSA) is 82.8 Å². The number of amides is 1. The first kappa shape index (κ1) is 16.6. The lowest BCUT2D eigenvalue weighted by molar-refractivity contribution is -0.133. The summed E-state index contributed by atoms with van der Waals surface area (Å²) in [5, 5.41) is 5.17. The summed E-state index contributed by atoms with van der Waals surface area (Å²) in [4.78, 5) is 16.9. The van der Waals surface area contributed by atoms with Crippen LogP contribution in [0.1, 0.15) is 25.7 Å². The van der Waals surface area contributed by atoms with Gasteiger partial charge in [-0.05, 0) is 19.3 Å². The second kappa shape index (κ2) is 6.99. The van der Waals surface area contributed by atoms with Gasteiger partial charge in [0.25, 0.3) is 0 Å². The van der Waals surface area contributed by atoms with E-state index in [1.165, 1.54) is 0 Å². The fraction of sp³-hybridized carbons (Fsp3) is 0.692. The van der Waals surface area contributed by atoms with Crippen molar-refractivity contribution in [1.82, 2.24) is 15.5 Å². The first-order valence-corrected chi connectivity index (χ1v) is 7.26. The van der Waals surface area contributed by atoms with E-state index >= 15 is 0 Å². The number of allylic oxidation sites excluding steroid dienone is 1. The van der Waals surface area contributed by atoms with Crippen LogP contribution in [-0.2, 0) is 4.79 Å². The third kappa shape index (κ3) is 4.36. The van der Waals surface area contributed by atoms with E-state index < -0.39 is 18.0 Å². The van der Waals surface area contributed by atoms with Crippen LogP contribution in [0.2, 0.25) is 0 Å². The van der Waals surface area contributed by atoms with E-state index in [1.807, 2.05) is 0 Å². The zero-order chi connectivity index (χ0) is 16.2. The first-order valence-electron chi connectivity index (χ1n) is 7.26. The maximum Gasteiger partial charge on any atom is 0.421 e. The lowest BCUT2D eigenvalue weighted by atomic mass is 10.1. The second-order valence-corrected chi connectivity index (χ2v) is 5.27. The van der Waals surface area contributed by atoms with Crippen molar-refractivity contribution < 1.29 is 18.0 Å². The van der Waals surface area contributed by atoms with Crippen LogP contribution in [0.15, 0.2) is 16.4 Å². The van der Waals surface area contributed by atoms with Crippen LogP contribution in [0.3, 0.4) is 0 Å². The molecule has 4 N–H and O–H groups in total. The number of alkyl halides is 3. The number of nitrogens with one attached hydrogen (secondary N) is 2. The highest BCUT2D eigenvalue weighted by Gasteiger charge is 2.37. The molecule has 1 unspecified atom stereocenters. The minimum absolute atomic E-state index is 0.117. The molecule has 0 aromatic carbocycles. The molecule has 6 nitrogen and oxygen atoms in total. The van der Waals surface area contributed by atoms with Crippen molar-refractivity contribution in [2.24, 2.45) is 10.7 Å². The van der Waals surface area contributed by atoms with Crippen LogP contribution in [0.5, 0.6) is 0 Å². The Morgan fingerprint density at radius 1 is 1.45 bits per heavy atom. The van der Waals surface area contributed by atoms with Gasteiger partial charge in [-0.1, -0.05) is 0 Å². The maximum absolute atomic E-state index is 12.8. The van der Waals surface area contributed by atoms with Gasteiger partial charge in [0, 0.05) is 32.3 Å². The van der Waals surface area contributed by atoms with Crippen molar-refractivity contribution in [2.75, 3.05) is 19.6 Å². The highest BCUT2D eigenvalue weighted by Crippen LogP contribution is 2.26. The molecule has 2 aliphatic heterocycles. The van der Waals surface area contributed by atoms with Gasteiger partial charge in [-0.15, -0.1) is 0 Å². The summed E-state index contributed by atoms with van der Waals surface area (Å²) < 4.78 is 38.5. The molecule has 0 bridgehead atoms. The lowest BCUT2D eigenvalue weighted by Crippen LogP contribution is -2.45. The highest BCUT2D eigenvalue weighted by molar-refractivity contribution is 5.82. The van der Waals surface area contributed by atoms with Crippen molar-refractivity contribution in [3.05, 3.63) is 11.4 Å². The third-order valence-corrected chi connectivity index (χ3v) is 3.56. The van der Waals surface area contributed by atoms with E-state index in [0.29, 0.717) is 25.9 Å². The summed E-state index contributed by atoms with van der Waals surface area (Å²) in [5.74, 6) is -0.0497. The molecule has 1 fully saturated rings. The Morgan fingerprint density at radius 3 is 2.91 bits per heavy atom. The molecule has 0 aromatic rings. The molecular formula is C13H20F3N5O. The maximum atomic E-state index is 12.8. The van der Waals surface area contributed by atoms with Crippen LogP contribution in [0.4, 0.5) is 13.2 Å². The van der Waals surface area contributed by atoms with Gasteiger partial charge >= 0.3 is 6.18 Å². The van der Waals surface area contributed by atoms with Gasteiger partial charge in [-0.25, -0.2) is 0 Å². The van der Waals surface area contributed by atoms with Crippen LogP contribution in [0.25, 0.3) is 0 Å². The van der Waals surface area contributed by atoms with Crippen LogP contribution < -0.4 is 16.4 Å². The first-order chi connectivity index (χ1) is 10.4. The molecule has 124 valence electrons. The predicted molar refractivity (Wildman–Crippen MR) is 75.7 cm³/mol. The zero-order valence-corrected chi connectivity index (χ0v) is 12.1. The van der Waals surface area contributed by atoms with Gasteiger partial charge in [0.05, 0.1) is 0 Å². The fourth-order valence-corrected chi connectivity index (χ4v) is 2.42. The Kier molecular flexibility index (Phi) is 5.28. The summed E-state index contributed by atoms with van der Waals surface area (Å²) >= 11 is 0. The fourth-order valence-electron chi connectivity index (χ4n) is 2.42. The SMILES string of the molecule is NC1N=CC(C(F)(F)F)=C(NCCCN2CCCCC2=O)N1. The summed E-state index contributed by atoms with van der Waals surface area (Å²) in [7, 11) is 0.